The van der Waals surface area contributed by atoms with Crippen molar-refractivity contribution in [3.8, 4) is 0 Å². The quantitative estimate of drug-likeness (QED) is 0.743. The Balaban J connectivity index is 1.73. The standard InChI is InChI=1S/C22H29NO4/c1-14(2)15-6-8-16(9-7-15)20(24)17-10-18-12-26-13-19(11-17)23(18)21(25)27-22(3,4)5/h6-9,17-19H,1,10-13H2,2-5H3. The maximum Gasteiger partial charge on any atom is 0.410 e. The summed E-state index contributed by atoms with van der Waals surface area (Å²) in [6.07, 6.45) is 0.908. The molecule has 2 unspecified atom stereocenters. The number of ketones is 1. The van der Waals surface area contributed by atoms with Crippen LogP contribution in [0.15, 0.2) is 30.8 Å². The first kappa shape index (κ1) is 19.6. The van der Waals surface area contributed by atoms with Gasteiger partial charge in [-0.05, 0) is 46.1 Å². The lowest BCUT2D eigenvalue weighted by atomic mass is 9.80. The summed E-state index contributed by atoms with van der Waals surface area (Å²) < 4.78 is 11.2. The Bertz CT molecular complexity index is 718. The van der Waals surface area contributed by atoms with E-state index < -0.39 is 5.60 Å². The van der Waals surface area contributed by atoms with E-state index in [0.717, 1.165) is 16.7 Å². The van der Waals surface area contributed by atoms with E-state index in [2.05, 4.69) is 6.58 Å². The molecule has 2 atom stereocenters. The fraction of sp³-hybridized carbons (Fsp3) is 0.545. The Labute approximate surface area is 161 Å². The summed E-state index contributed by atoms with van der Waals surface area (Å²) in [4.78, 5) is 27.4. The van der Waals surface area contributed by atoms with Crippen molar-refractivity contribution in [3.05, 3.63) is 42.0 Å². The fourth-order valence-electron chi connectivity index (χ4n) is 3.90. The number of morpholine rings is 1. The molecule has 146 valence electrons. The molecule has 2 heterocycles. The second-order valence-corrected chi connectivity index (χ2v) is 8.62. The number of amides is 1. The maximum absolute atomic E-state index is 13.0. The Morgan fingerprint density at radius 3 is 2.07 bits per heavy atom. The molecule has 3 rings (SSSR count). The van der Waals surface area contributed by atoms with E-state index in [1.54, 1.807) is 4.90 Å². The SMILES string of the molecule is C=C(C)c1ccc(C(=O)C2CC3COCC(C2)N3C(=O)OC(C)(C)C)cc1. The van der Waals surface area contributed by atoms with Gasteiger partial charge >= 0.3 is 6.09 Å². The Kier molecular flexibility index (Phi) is 5.43. The molecule has 0 radical (unpaired) electrons. The summed E-state index contributed by atoms with van der Waals surface area (Å²) in [5, 5.41) is 0. The molecule has 27 heavy (non-hydrogen) atoms. The number of benzene rings is 1. The van der Waals surface area contributed by atoms with Gasteiger partial charge in [-0.3, -0.25) is 9.69 Å². The van der Waals surface area contributed by atoms with Crippen molar-refractivity contribution in [1.82, 2.24) is 4.90 Å². The third-order valence-electron chi connectivity index (χ3n) is 5.16. The van der Waals surface area contributed by atoms with Crippen LogP contribution in [0.2, 0.25) is 0 Å². The average Bonchev–Trinajstić information content (AvgIpc) is 2.58. The van der Waals surface area contributed by atoms with Crippen molar-refractivity contribution >= 4 is 17.4 Å². The number of carbonyl (C=O) groups excluding carboxylic acids is 2. The van der Waals surface area contributed by atoms with Crippen molar-refractivity contribution < 1.29 is 19.1 Å². The van der Waals surface area contributed by atoms with Crippen LogP contribution in [0.1, 0.15) is 56.5 Å². The summed E-state index contributed by atoms with van der Waals surface area (Å²) in [5.41, 5.74) is 2.20. The molecule has 1 aromatic carbocycles. The Morgan fingerprint density at radius 2 is 1.59 bits per heavy atom. The first-order valence-electron chi connectivity index (χ1n) is 9.55. The second kappa shape index (κ2) is 7.47. The molecule has 2 bridgehead atoms. The zero-order valence-corrected chi connectivity index (χ0v) is 16.7. The Morgan fingerprint density at radius 1 is 1.07 bits per heavy atom. The molecule has 1 amide bonds. The van der Waals surface area contributed by atoms with Gasteiger partial charge in [0, 0.05) is 11.5 Å². The minimum atomic E-state index is -0.538. The normalized spacial score (nSPS) is 25.0. The maximum atomic E-state index is 13.0. The van der Waals surface area contributed by atoms with Gasteiger partial charge in [0.25, 0.3) is 0 Å². The molecule has 5 heteroatoms. The van der Waals surface area contributed by atoms with Crippen molar-refractivity contribution in [1.29, 1.82) is 0 Å². The first-order chi connectivity index (χ1) is 12.7. The van der Waals surface area contributed by atoms with Gasteiger partial charge in [0.15, 0.2) is 5.78 Å². The van der Waals surface area contributed by atoms with Crippen LogP contribution >= 0.6 is 0 Å². The molecule has 2 saturated heterocycles. The number of allylic oxidation sites excluding steroid dienone is 1. The van der Waals surface area contributed by atoms with Crippen LogP contribution in [0.4, 0.5) is 4.79 Å². The number of ether oxygens (including phenoxy) is 2. The molecule has 0 aliphatic carbocycles. The number of fused-ring (bicyclic) bond motifs is 2. The summed E-state index contributed by atoms with van der Waals surface area (Å²) in [7, 11) is 0. The molecule has 5 nitrogen and oxygen atoms in total. The van der Waals surface area contributed by atoms with E-state index in [9.17, 15) is 9.59 Å². The van der Waals surface area contributed by atoms with E-state index in [1.807, 2.05) is 52.0 Å². The highest BCUT2D eigenvalue weighted by molar-refractivity contribution is 5.98. The van der Waals surface area contributed by atoms with Gasteiger partial charge in [-0.1, -0.05) is 36.4 Å². The highest BCUT2D eigenvalue weighted by atomic mass is 16.6. The number of Topliss-reactive ketones (excluding diaryl/α,β-unsaturated/α-hetero) is 1. The van der Waals surface area contributed by atoms with Crippen molar-refractivity contribution in [2.45, 2.75) is 58.2 Å². The van der Waals surface area contributed by atoms with Crippen molar-refractivity contribution in [2.75, 3.05) is 13.2 Å². The lowest BCUT2D eigenvalue weighted by molar-refractivity contribution is -0.0861. The third-order valence-corrected chi connectivity index (χ3v) is 5.16. The zero-order chi connectivity index (χ0) is 19.8. The minimum absolute atomic E-state index is 0.0988. The van der Waals surface area contributed by atoms with E-state index >= 15 is 0 Å². The predicted molar refractivity (Wildman–Crippen MR) is 105 cm³/mol. The van der Waals surface area contributed by atoms with E-state index in [-0.39, 0.29) is 29.9 Å². The molecular formula is C22H29NO4. The molecular weight excluding hydrogens is 342 g/mol. The fourth-order valence-corrected chi connectivity index (χ4v) is 3.90. The van der Waals surface area contributed by atoms with Gasteiger partial charge in [-0.2, -0.15) is 0 Å². The highest BCUT2D eigenvalue weighted by Gasteiger charge is 2.45. The first-order valence-corrected chi connectivity index (χ1v) is 9.55. The summed E-state index contributed by atoms with van der Waals surface area (Å²) in [6, 6.07) is 7.40. The van der Waals surface area contributed by atoms with Gasteiger partial charge in [0.2, 0.25) is 0 Å². The monoisotopic (exact) mass is 371 g/mol. The van der Waals surface area contributed by atoms with Crippen LogP contribution in [0.25, 0.3) is 5.57 Å². The lowest BCUT2D eigenvalue weighted by Crippen LogP contribution is -2.60. The average molecular weight is 371 g/mol. The summed E-state index contributed by atoms with van der Waals surface area (Å²) >= 11 is 0. The van der Waals surface area contributed by atoms with E-state index in [4.69, 9.17) is 9.47 Å². The van der Waals surface area contributed by atoms with Crippen LogP contribution < -0.4 is 0 Å². The number of hydrogen-bond acceptors (Lipinski definition) is 4. The molecule has 2 aliphatic heterocycles. The van der Waals surface area contributed by atoms with Gasteiger partial charge < -0.3 is 9.47 Å². The molecule has 2 fully saturated rings. The van der Waals surface area contributed by atoms with Gasteiger partial charge in [-0.15, -0.1) is 0 Å². The smallest absolute Gasteiger partial charge is 0.410 e. The van der Waals surface area contributed by atoms with Gasteiger partial charge in [0.1, 0.15) is 5.60 Å². The molecule has 0 aromatic heterocycles. The number of hydrogen-bond donors (Lipinski definition) is 0. The third kappa shape index (κ3) is 4.41. The van der Waals surface area contributed by atoms with Crippen molar-refractivity contribution in [2.24, 2.45) is 5.92 Å². The van der Waals surface area contributed by atoms with Gasteiger partial charge in [0.05, 0.1) is 25.3 Å². The molecule has 2 aliphatic rings. The minimum Gasteiger partial charge on any atom is -0.444 e. The Hall–Kier alpha value is -2.14. The molecule has 0 spiro atoms. The predicted octanol–water partition coefficient (Wildman–Crippen LogP) is 4.32. The topological polar surface area (TPSA) is 55.8 Å². The van der Waals surface area contributed by atoms with Crippen LogP contribution in [0.3, 0.4) is 0 Å². The molecule has 1 aromatic rings. The van der Waals surface area contributed by atoms with E-state index in [0.29, 0.717) is 26.1 Å². The van der Waals surface area contributed by atoms with Crippen LogP contribution in [-0.4, -0.2) is 47.7 Å². The summed E-state index contributed by atoms with van der Waals surface area (Å²) in [6.45, 7) is 12.4. The largest absolute Gasteiger partial charge is 0.444 e. The number of rotatable bonds is 3. The number of nitrogens with zero attached hydrogens (tertiary/aromatic N) is 1. The highest BCUT2D eigenvalue weighted by Crippen LogP contribution is 2.34. The zero-order valence-electron chi connectivity index (χ0n) is 16.7. The molecule has 0 saturated carbocycles. The summed E-state index contributed by atoms with van der Waals surface area (Å²) in [5.74, 6) is 0.0438. The lowest BCUT2D eigenvalue weighted by Gasteiger charge is -2.47. The number of piperidine rings is 1. The second-order valence-electron chi connectivity index (χ2n) is 8.62. The number of carbonyl (C=O) groups is 2. The van der Waals surface area contributed by atoms with Gasteiger partial charge in [-0.25, -0.2) is 4.79 Å². The van der Waals surface area contributed by atoms with Crippen LogP contribution in [0.5, 0.6) is 0 Å². The van der Waals surface area contributed by atoms with Crippen LogP contribution in [-0.2, 0) is 9.47 Å². The molecule has 0 N–H and O–H groups in total. The van der Waals surface area contributed by atoms with Crippen molar-refractivity contribution in [3.63, 3.8) is 0 Å². The van der Waals surface area contributed by atoms with E-state index in [1.165, 1.54) is 0 Å². The van der Waals surface area contributed by atoms with Crippen LogP contribution in [0, 0.1) is 5.92 Å².